The zero-order chi connectivity index (χ0) is 19.4. The molecule has 0 aliphatic carbocycles. The van der Waals surface area contributed by atoms with Gasteiger partial charge in [0, 0.05) is 16.8 Å². The Morgan fingerprint density at radius 2 is 1.81 bits per heavy atom. The van der Waals surface area contributed by atoms with Gasteiger partial charge in [0.15, 0.2) is 11.0 Å². The lowest BCUT2D eigenvalue weighted by atomic mass is 10.1. The molecule has 1 saturated heterocycles. The van der Waals surface area contributed by atoms with Gasteiger partial charge in [-0.15, -0.1) is 0 Å². The summed E-state index contributed by atoms with van der Waals surface area (Å²) in [5.41, 5.74) is 3.14. The number of carbonyl (C=O) groups excluding carboxylic acids is 3. The van der Waals surface area contributed by atoms with Crippen molar-refractivity contribution in [1.29, 1.82) is 0 Å². The SMILES string of the molecule is O=C(NN=CC1C(=O)NC(=S)N(c2ccccc2)C1=O)c1ccc(Cl)cc1. The summed E-state index contributed by atoms with van der Waals surface area (Å²) in [6, 6.07) is 14.9. The molecule has 0 saturated carbocycles. The highest BCUT2D eigenvalue weighted by Gasteiger charge is 2.38. The van der Waals surface area contributed by atoms with Crippen LogP contribution in [0.1, 0.15) is 10.4 Å². The molecule has 1 aliphatic heterocycles. The summed E-state index contributed by atoms with van der Waals surface area (Å²) < 4.78 is 0. The molecule has 3 rings (SSSR count). The van der Waals surface area contributed by atoms with Gasteiger partial charge >= 0.3 is 0 Å². The second-order valence-electron chi connectivity index (χ2n) is 5.51. The number of anilines is 1. The summed E-state index contributed by atoms with van der Waals surface area (Å²) in [5.74, 6) is -2.88. The number of nitrogens with zero attached hydrogens (tertiary/aromatic N) is 2. The van der Waals surface area contributed by atoms with E-state index in [4.69, 9.17) is 23.8 Å². The Morgan fingerprint density at radius 3 is 2.48 bits per heavy atom. The molecular weight excluding hydrogens is 388 g/mol. The molecule has 2 aromatic carbocycles. The molecule has 7 nitrogen and oxygen atoms in total. The van der Waals surface area contributed by atoms with Gasteiger partial charge in [0.05, 0.1) is 5.69 Å². The highest BCUT2D eigenvalue weighted by molar-refractivity contribution is 7.80. The molecule has 1 fully saturated rings. The Hall–Kier alpha value is -3.10. The van der Waals surface area contributed by atoms with Gasteiger partial charge in [-0.05, 0) is 48.6 Å². The van der Waals surface area contributed by atoms with E-state index in [9.17, 15) is 14.4 Å². The number of hydrogen-bond acceptors (Lipinski definition) is 5. The number of thiocarbonyl (C=S) groups is 1. The molecule has 1 aliphatic rings. The highest BCUT2D eigenvalue weighted by Crippen LogP contribution is 2.19. The summed E-state index contributed by atoms with van der Waals surface area (Å²) in [6.45, 7) is 0. The van der Waals surface area contributed by atoms with Gasteiger partial charge in [0.25, 0.3) is 11.8 Å². The average molecular weight is 401 g/mol. The molecule has 136 valence electrons. The van der Waals surface area contributed by atoms with Gasteiger partial charge in [-0.3, -0.25) is 19.3 Å². The van der Waals surface area contributed by atoms with Gasteiger partial charge in [0.2, 0.25) is 5.91 Å². The number of rotatable bonds is 4. The molecule has 1 heterocycles. The molecule has 3 amide bonds. The third kappa shape index (κ3) is 4.18. The second-order valence-corrected chi connectivity index (χ2v) is 6.33. The van der Waals surface area contributed by atoms with Crippen molar-refractivity contribution in [3.05, 3.63) is 65.2 Å². The molecule has 0 spiro atoms. The summed E-state index contributed by atoms with van der Waals surface area (Å²) in [7, 11) is 0. The third-order valence-corrected chi connectivity index (χ3v) is 4.25. The van der Waals surface area contributed by atoms with Crippen LogP contribution in [0.15, 0.2) is 59.7 Å². The van der Waals surface area contributed by atoms with E-state index in [2.05, 4.69) is 15.8 Å². The Bertz CT molecular complexity index is 931. The maximum atomic E-state index is 12.7. The van der Waals surface area contributed by atoms with E-state index in [0.29, 0.717) is 16.3 Å². The zero-order valence-corrected chi connectivity index (χ0v) is 15.3. The predicted molar refractivity (Wildman–Crippen MR) is 106 cm³/mol. The lowest BCUT2D eigenvalue weighted by Gasteiger charge is -2.30. The first-order valence-electron chi connectivity index (χ1n) is 7.80. The smallest absolute Gasteiger partial charge is 0.271 e. The van der Waals surface area contributed by atoms with Gasteiger partial charge in [-0.25, -0.2) is 5.43 Å². The standard InChI is InChI=1S/C18H13ClN4O3S/c19-12-8-6-11(7-9-12)15(24)22-20-10-14-16(25)21-18(27)23(17(14)26)13-4-2-1-3-5-13/h1-10,14H,(H,22,24)(H,21,25,27). The molecule has 27 heavy (non-hydrogen) atoms. The first kappa shape index (κ1) is 18.7. The van der Waals surface area contributed by atoms with E-state index in [-0.39, 0.29) is 5.11 Å². The van der Waals surface area contributed by atoms with Crippen LogP contribution in [0.4, 0.5) is 5.69 Å². The minimum atomic E-state index is -1.22. The monoisotopic (exact) mass is 400 g/mol. The fourth-order valence-corrected chi connectivity index (χ4v) is 2.80. The van der Waals surface area contributed by atoms with Crippen molar-refractivity contribution < 1.29 is 14.4 Å². The van der Waals surface area contributed by atoms with Crippen LogP contribution in [-0.2, 0) is 9.59 Å². The van der Waals surface area contributed by atoms with Crippen molar-refractivity contribution in [2.75, 3.05) is 4.90 Å². The molecule has 0 bridgehead atoms. The lowest BCUT2D eigenvalue weighted by molar-refractivity contribution is -0.130. The van der Waals surface area contributed by atoms with Crippen molar-refractivity contribution in [1.82, 2.24) is 10.7 Å². The van der Waals surface area contributed by atoms with E-state index in [0.717, 1.165) is 6.21 Å². The first-order chi connectivity index (χ1) is 13.0. The van der Waals surface area contributed by atoms with Crippen molar-refractivity contribution >= 4 is 58.6 Å². The number of hydrogen-bond donors (Lipinski definition) is 2. The summed E-state index contributed by atoms with van der Waals surface area (Å²) >= 11 is 10.9. The van der Waals surface area contributed by atoms with Crippen molar-refractivity contribution in [2.24, 2.45) is 11.0 Å². The maximum absolute atomic E-state index is 12.7. The zero-order valence-electron chi connectivity index (χ0n) is 13.8. The van der Waals surface area contributed by atoms with Gasteiger partial charge in [-0.2, -0.15) is 5.10 Å². The van der Waals surface area contributed by atoms with Gasteiger partial charge in [-0.1, -0.05) is 29.8 Å². The lowest BCUT2D eigenvalue weighted by Crippen LogP contribution is -2.58. The van der Waals surface area contributed by atoms with Crippen molar-refractivity contribution in [2.45, 2.75) is 0 Å². The highest BCUT2D eigenvalue weighted by atomic mass is 35.5. The average Bonchev–Trinajstić information content (AvgIpc) is 2.65. The van der Waals surface area contributed by atoms with Crippen LogP contribution in [0.2, 0.25) is 5.02 Å². The number of hydrazone groups is 1. The Morgan fingerprint density at radius 1 is 1.15 bits per heavy atom. The van der Waals surface area contributed by atoms with E-state index in [1.807, 2.05) is 0 Å². The largest absolute Gasteiger partial charge is 0.301 e. The van der Waals surface area contributed by atoms with Crippen LogP contribution >= 0.6 is 23.8 Å². The molecule has 0 aromatic heterocycles. The fraction of sp³-hybridized carbons (Fsp3) is 0.0556. The number of halogens is 1. The quantitative estimate of drug-likeness (QED) is 0.356. The van der Waals surface area contributed by atoms with E-state index >= 15 is 0 Å². The van der Waals surface area contributed by atoms with Crippen molar-refractivity contribution in [3.63, 3.8) is 0 Å². The van der Waals surface area contributed by atoms with Crippen LogP contribution in [0, 0.1) is 5.92 Å². The van der Waals surface area contributed by atoms with Gasteiger partial charge < -0.3 is 5.32 Å². The number of amides is 3. The normalized spacial score (nSPS) is 17.1. The van der Waals surface area contributed by atoms with E-state index in [1.54, 1.807) is 42.5 Å². The minimum Gasteiger partial charge on any atom is -0.301 e. The summed E-state index contributed by atoms with van der Waals surface area (Å²) in [4.78, 5) is 38.0. The Kier molecular flexibility index (Phi) is 5.58. The third-order valence-electron chi connectivity index (χ3n) is 3.71. The predicted octanol–water partition coefficient (Wildman–Crippen LogP) is 2.12. The van der Waals surface area contributed by atoms with Crippen LogP contribution < -0.4 is 15.6 Å². The van der Waals surface area contributed by atoms with Crippen LogP contribution in [0.25, 0.3) is 0 Å². The maximum Gasteiger partial charge on any atom is 0.271 e. The van der Waals surface area contributed by atoms with Gasteiger partial charge in [0.1, 0.15) is 0 Å². The summed E-state index contributed by atoms with van der Waals surface area (Å²) in [6.07, 6.45) is 1.07. The molecular formula is C18H13ClN4O3S. The van der Waals surface area contributed by atoms with Crippen LogP contribution in [0.3, 0.4) is 0 Å². The number of benzene rings is 2. The Balaban J connectivity index is 1.73. The Labute approximate surface area is 165 Å². The molecule has 2 N–H and O–H groups in total. The minimum absolute atomic E-state index is 0.00829. The molecule has 9 heteroatoms. The molecule has 2 aromatic rings. The molecule has 0 radical (unpaired) electrons. The van der Waals surface area contributed by atoms with Crippen molar-refractivity contribution in [3.8, 4) is 0 Å². The molecule has 1 unspecified atom stereocenters. The second kappa shape index (κ2) is 8.07. The first-order valence-corrected chi connectivity index (χ1v) is 8.59. The van der Waals surface area contributed by atoms with E-state index < -0.39 is 23.6 Å². The van der Waals surface area contributed by atoms with Crippen LogP contribution in [0.5, 0.6) is 0 Å². The number of carbonyl (C=O) groups is 3. The topological polar surface area (TPSA) is 90.9 Å². The molecule has 1 atom stereocenters. The fourth-order valence-electron chi connectivity index (χ4n) is 2.38. The van der Waals surface area contributed by atoms with E-state index in [1.165, 1.54) is 17.0 Å². The number of para-hydroxylation sites is 1. The van der Waals surface area contributed by atoms with Crippen LogP contribution in [-0.4, -0.2) is 29.0 Å². The summed E-state index contributed by atoms with van der Waals surface area (Å²) in [5, 5.41) is 6.69. The number of nitrogens with one attached hydrogen (secondary N) is 2.